The molecule has 4 rings (SSSR count). The van der Waals surface area contributed by atoms with Crippen molar-refractivity contribution < 1.29 is 19.1 Å². The van der Waals surface area contributed by atoms with E-state index in [4.69, 9.17) is 4.74 Å². The molecule has 0 saturated heterocycles. The highest BCUT2D eigenvalue weighted by atomic mass is 16.5. The fourth-order valence-corrected chi connectivity index (χ4v) is 3.06. The molecular weight excluding hydrogens is 268 g/mol. The molecule has 2 aromatic carbocycles. The topological polar surface area (TPSA) is 60.4 Å². The average Bonchev–Trinajstić information content (AvgIpc) is 2.96. The number of benzene rings is 2. The van der Waals surface area contributed by atoms with Gasteiger partial charge in [0.1, 0.15) is 12.0 Å². The van der Waals surface area contributed by atoms with E-state index in [9.17, 15) is 14.4 Å². The van der Waals surface area contributed by atoms with Gasteiger partial charge < -0.3 is 4.74 Å². The van der Waals surface area contributed by atoms with Gasteiger partial charge in [0, 0.05) is 16.7 Å². The molecule has 4 heteroatoms. The summed E-state index contributed by atoms with van der Waals surface area (Å²) in [5.41, 5.74) is 1.86. The summed E-state index contributed by atoms with van der Waals surface area (Å²) in [7, 11) is 0. The molecule has 1 aliphatic heterocycles. The van der Waals surface area contributed by atoms with E-state index in [2.05, 4.69) is 0 Å². The summed E-state index contributed by atoms with van der Waals surface area (Å²) in [6, 6.07) is 13.6. The van der Waals surface area contributed by atoms with Crippen LogP contribution in [-0.2, 0) is 4.74 Å². The maximum Gasteiger partial charge on any atom is 0.339 e. The SMILES string of the molecule is O=C1OC(C2C(=O)c3ccccc3C2=O)c2ccccc21. The second-order valence-electron chi connectivity index (χ2n) is 5.16. The van der Waals surface area contributed by atoms with Crippen LogP contribution < -0.4 is 0 Å². The molecule has 0 bridgehead atoms. The van der Waals surface area contributed by atoms with E-state index < -0.39 is 18.0 Å². The van der Waals surface area contributed by atoms with Gasteiger partial charge >= 0.3 is 5.97 Å². The Morgan fingerprint density at radius 1 is 0.714 bits per heavy atom. The molecule has 0 amide bonds. The molecule has 102 valence electrons. The molecule has 2 aliphatic rings. The van der Waals surface area contributed by atoms with Gasteiger partial charge in [-0.25, -0.2) is 4.79 Å². The molecule has 1 heterocycles. The Bertz CT molecular complexity index is 771. The molecule has 1 unspecified atom stereocenters. The molecule has 0 spiro atoms. The second-order valence-corrected chi connectivity index (χ2v) is 5.16. The summed E-state index contributed by atoms with van der Waals surface area (Å²) in [5.74, 6) is -1.99. The predicted octanol–water partition coefficient (Wildman–Crippen LogP) is 2.59. The monoisotopic (exact) mass is 278 g/mol. The van der Waals surface area contributed by atoms with Crippen LogP contribution in [0.4, 0.5) is 0 Å². The lowest BCUT2D eigenvalue weighted by atomic mass is 9.91. The van der Waals surface area contributed by atoms with Crippen molar-refractivity contribution in [1.29, 1.82) is 0 Å². The zero-order chi connectivity index (χ0) is 14.6. The van der Waals surface area contributed by atoms with Crippen LogP contribution in [0.1, 0.15) is 42.7 Å². The van der Waals surface area contributed by atoms with Gasteiger partial charge in [0.25, 0.3) is 0 Å². The molecule has 21 heavy (non-hydrogen) atoms. The van der Waals surface area contributed by atoms with Crippen molar-refractivity contribution in [3.05, 3.63) is 70.8 Å². The van der Waals surface area contributed by atoms with E-state index in [-0.39, 0.29) is 11.6 Å². The zero-order valence-corrected chi connectivity index (χ0v) is 10.9. The Morgan fingerprint density at radius 2 is 1.24 bits per heavy atom. The first kappa shape index (κ1) is 12.0. The Labute approximate surface area is 120 Å². The van der Waals surface area contributed by atoms with E-state index >= 15 is 0 Å². The molecule has 0 radical (unpaired) electrons. The van der Waals surface area contributed by atoms with Gasteiger partial charge in [-0.3, -0.25) is 9.59 Å². The van der Waals surface area contributed by atoms with Crippen LogP contribution in [0.2, 0.25) is 0 Å². The Kier molecular flexibility index (Phi) is 2.36. The number of Topliss-reactive ketones (excluding diaryl/α,β-unsaturated/α-hetero) is 2. The first-order valence-corrected chi connectivity index (χ1v) is 6.66. The highest BCUT2D eigenvalue weighted by Gasteiger charge is 2.48. The van der Waals surface area contributed by atoms with Gasteiger partial charge in [0.15, 0.2) is 11.6 Å². The molecule has 2 aromatic rings. The lowest BCUT2D eigenvalue weighted by molar-refractivity contribution is 0.0257. The summed E-state index contributed by atoms with van der Waals surface area (Å²) in [6.07, 6.45) is -0.818. The van der Waals surface area contributed by atoms with Crippen molar-refractivity contribution in [3.63, 3.8) is 0 Å². The number of hydrogen-bond donors (Lipinski definition) is 0. The lowest BCUT2D eigenvalue weighted by Crippen LogP contribution is -2.24. The van der Waals surface area contributed by atoms with Crippen LogP contribution in [0.5, 0.6) is 0 Å². The van der Waals surface area contributed by atoms with E-state index in [1.807, 2.05) is 0 Å². The smallest absolute Gasteiger partial charge is 0.339 e. The van der Waals surface area contributed by atoms with E-state index in [1.165, 1.54) is 0 Å². The molecule has 1 aliphatic carbocycles. The number of rotatable bonds is 1. The number of carbonyl (C=O) groups is 3. The van der Waals surface area contributed by atoms with Crippen molar-refractivity contribution in [1.82, 2.24) is 0 Å². The highest BCUT2D eigenvalue weighted by Crippen LogP contribution is 2.42. The largest absolute Gasteiger partial charge is 0.453 e. The fourth-order valence-electron chi connectivity index (χ4n) is 3.06. The van der Waals surface area contributed by atoms with Crippen molar-refractivity contribution in [2.75, 3.05) is 0 Å². The molecule has 0 aromatic heterocycles. The van der Waals surface area contributed by atoms with Gasteiger partial charge in [-0.1, -0.05) is 42.5 Å². The third kappa shape index (κ3) is 1.53. The first-order valence-electron chi connectivity index (χ1n) is 6.66. The number of hydrogen-bond acceptors (Lipinski definition) is 4. The number of ether oxygens (including phenoxy) is 1. The van der Waals surface area contributed by atoms with Crippen molar-refractivity contribution in [2.24, 2.45) is 5.92 Å². The van der Waals surface area contributed by atoms with Crippen LogP contribution >= 0.6 is 0 Å². The van der Waals surface area contributed by atoms with Crippen LogP contribution in [-0.4, -0.2) is 17.5 Å². The minimum absolute atomic E-state index is 0.273. The quantitative estimate of drug-likeness (QED) is 0.594. The number of carbonyl (C=O) groups excluding carboxylic acids is 3. The average molecular weight is 278 g/mol. The zero-order valence-electron chi connectivity index (χ0n) is 10.9. The summed E-state index contributed by atoms with van der Waals surface area (Å²) in [4.78, 5) is 36.9. The van der Waals surface area contributed by atoms with E-state index in [0.29, 0.717) is 22.3 Å². The third-order valence-corrected chi connectivity index (χ3v) is 4.05. The number of fused-ring (bicyclic) bond motifs is 2. The van der Waals surface area contributed by atoms with Crippen molar-refractivity contribution >= 4 is 17.5 Å². The number of cyclic esters (lactones) is 1. The molecule has 0 N–H and O–H groups in total. The standard InChI is InChI=1S/C17H10O4/c18-14-9-5-1-2-6-10(9)15(19)13(14)16-11-7-3-4-8-12(11)17(20)21-16/h1-8,13,16H. The van der Waals surface area contributed by atoms with E-state index in [1.54, 1.807) is 48.5 Å². The van der Waals surface area contributed by atoms with Gasteiger partial charge in [-0.2, -0.15) is 0 Å². The third-order valence-electron chi connectivity index (χ3n) is 4.05. The predicted molar refractivity (Wildman–Crippen MR) is 73.2 cm³/mol. The van der Waals surface area contributed by atoms with Crippen LogP contribution in [0, 0.1) is 5.92 Å². The number of ketones is 2. The van der Waals surface area contributed by atoms with Crippen LogP contribution in [0.15, 0.2) is 48.5 Å². The normalized spacial score (nSPS) is 20.4. The lowest BCUT2D eigenvalue weighted by Gasteiger charge is -2.15. The summed E-state index contributed by atoms with van der Waals surface area (Å²) in [6.45, 7) is 0. The fraction of sp³-hybridized carbons (Fsp3) is 0.118. The second kappa shape index (κ2) is 4.12. The van der Waals surface area contributed by atoms with E-state index in [0.717, 1.165) is 0 Å². The summed E-state index contributed by atoms with van der Waals surface area (Å²) < 4.78 is 5.31. The summed E-state index contributed by atoms with van der Waals surface area (Å²) >= 11 is 0. The molecule has 0 saturated carbocycles. The maximum atomic E-state index is 12.5. The Balaban J connectivity index is 1.82. The molecule has 1 atom stereocenters. The Hall–Kier alpha value is -2.75. The van der Waals surface area contributed by atoms with Gasteiger partial charge in [0.05, 0.1) is 5.56 Å². The number of esters is 1. The van der Waals surface area contributed by atoms with Gasteiger partial charge in [-0.05, 0) is 6.07 Å². The summed E-state index contributed by atoms with van der Waals surface area (Å²) in [5, 5.41) is 0. The molecular formula is C17H10O4. The minimum Gasteiger partial charge on any atom is -0.453 e. The first-order chi connectivity index (χ1) is 10.2. The van der Waals surface area contributed by atoms with Crippen LogP contribution in [0.3, 0.4) is 0 Å². The van der Waals surface area contributed by atoms with Gasteiger partial charge in [0.2, 0.25) is 0 Å². The van der Waals surface area contributed by atoms with Crippen LogP contribution in [0.25, 0.3) is 0 Å². The Morgan fingerprint density at radius 3 is 1.86 bits per heavy atom. The maximum absolute atomic E-state index is 12.5. The van der Waals surface area contributed by atoms with Crippen molar-refractivity contribution in [2.45, 2.75) is 6.10 Å². The van der Waals surface area contributed by atoms with Gasteiger partial charge in [-0.15, -0.1) is 0 Å². The molecule has 4 nitrogen and oxygen atoms in total. The minimum atomic E-state index is -0.963. The van der Waals surface area contributed by atoms with Crippen molar-refractivity contribution in [3.8, 4) is 0 Å². The molecule has 0 fully saturated rings. The highest BCUT2D eigenvalue weighted by molar-refractivity contribution is 6.27.